The molecule has 1 aromatic carbocycles. The highest BCUT2D eigenvalue weighted by atomic mass is 16.5. The Morgan fingerprint density at radius 2 is 1.80 bits per heavy atom. The first-order valence-electron chi connectivity index (χ1n) is 9.25. The molecule has 1 N–H and O–H groups in total. The number of carbonyl (C=O) groups excluding carboxylic acids is 2. The Hall–Kier alpha value is -2.08. The number of para-hydroxylation sites is 1. The van der Waals surface area contributed by atoms with E-state index in [0.717, 1.165) is 26.2 Å². The zero-order chi connectivity index (χ0) is 17.6. The number of carbonyl (C=O) groups is 2. The molecule has 0 unspecified atom stereocenters. The molecule has 0 spiro atoms. The molecule has 136 valence electrons. The lowest BCUT2D eigenvalue weighted by molar-refractivity contribution is 0.0527. The van der Waals surface area contributed by atoms with Gasteiger partial charge in [0, 0.05) is 32.2 Å². The van der Waals surface area contributed by atoms with Crippen LogP contribution in [0.1, 0.15) is 43.0 Å². The number of esters is 1. The SMILES string of the molecule is CCOC(=O)c1ccccc1NC(=O)N1CCN(C2CCCC2)CC1. The second-order valence-corrected chi connectivity index (χ2v) is 6.66. The minimum atomic E-state index is -0.413. The molecule has 0 bridgehead atoms. The third kappa shape index (κ3) is 4.31. The Morgan fingerprint density at radius 1 is 1.12 bits per heavy atom. The summed E-state index contributed by atoms with van der Waals surface area (Å²) in [6, 6.07) is 7.53. The minimum Gasteiger partial charge on any atom is -0.462 e. The van der Waals surface area contributed by atoms with Gasteiger partial charge in [-0.25, -0.2) is 9.59 Å². The number of piperazine rings is 1. The van der Waals surface area contributed by atoms with E-state index >= 15 is 0 Å². The number of urea groups is 1. The van der Waals surface area contributed by atoms with Crippen molar-refractivity contribution in [3.8, 4) is 0 Å². The van der Waals surface area contributed by atoms with Crippen LogP contribution in [0.5, 0.6) is 0 Å². The van der Waals surface area contributed by atoms with E-state index in [-0.39, 0.29) is 6.03 Å². The molecule has 0 radical (unpaired) electrons. The molecule has 2 amide bonds. The zero-order valence-electron chi connectivity index (χ0n) is 14.9. The van der Waals surface area contributed by atoms with Crippen LogP contribution < -0.4 is 5.32 Å². The van der Waals surface area contributed by atoms with E-state index in [0.29, 0.717) is 23.9 Å². The number of hydrogen-bond donors (Lipinski definition) is 1. The van der Waals surface area contributed by atoms with Crippen molar-refractivity contribution < 1.29 is 14.3 Å². The molecule has 1 aromatic rings. The van der Waals surface area contributed by atoms with Gasteiger partial charge in [0.15, 0.2) is 0 Å². The van der Waals surface area contributed by atoms with Crippen molar-refractivity contribution in [2.24, 2.45) is 0 Å². The minimum absolute atomic E-state index is 0.150. The van der Waals surface area contributed by atoms with Gasteiger partial charge in [0.25, 0.3) is 0 Å². The summed E-state index contributed by atoms with van der Waals surface area (Å²) in [4.78, 5) is 28.9. The standard InChI is InChI=1S/C19H27N3O3/c1-2-25-18(23)16-9-5-6-10-17(16)20-19(24)22-13-11-21(12-14-22)15-7-3-4-8-15/h5-6,9-10,15H,2-4,7-8,11-14H2,1H3,(H,20,24). The van der Waals surface area contributed by atoms with Crippen LogP contribution in [0, 0.1) is 0 Å². The predicted octanol–water partition coefficient (Wildman–Crippen LogP) is 2.96. The van der Waals surface area contributed by atoms with Crippen LogP contribution in [-0.4, -0.2) is 60.6 Å². The molecular weight excluding hydrogens is 318 g/mol. The van der Waals surface area contributed by atoms with Gasteiger partial charge in [-0.3, -0.25) is 4.90 Å². The van der Waals surface area contributed by atoms with Gasteiger partial charge < -0.3 is 15.0 Å². The average molecular weight is 345 g/mol. The van der Waals surface area contributed by atoms with Crippen LogP contribution in [0.3, 0.4) is 0 Å². The molecule has 1 aliphatic carbocycles. The quantitative estimate of drug-likeness (QED) is 0.852. The van der Waals surface area contributed by atoms with Gasteiger partial charge in [-0.1, -0.05) is 25.0 Å². The van der Waals surface area contributed by atoms with Gasteiger partial charge in [-0.05, 0) is 31.9 Å². The van der Waals surface area contributed by atoms with Crippen molar-refractivity contribution in [1.82, 2.24) is 9.80 Å². The van der Waals surface area contributed by atoms with E-state index < -0.39 is 5.97 Å². The van der Waals surface area contributed by atoms with Crippen LogP contribution in [0.15, 0.2) is 24.3 Å². The number of rotatable bonds is 4. The summed E-state index contributed by atoms with van der Waals surface area (Å²) < 4.78 is 5.06. The number of benzene rings is 1. The molecule has 1 heterocycles. The molecule has 0 aromatic heterocycles. The average Bonchev–Trinajstić information content (AvgIpc) is 3.17. The third-order valence-corrected chi connectivity index (χ3v) is 5.11. The normalized spacial score (nSPS) is 19.0. The van der Waals surface area contributed by atoms with Crippen LogP contribution in [0.25, 0.3) is 0 Å². The topological polar surface area (TPSA) is 61.9 Å². The summed E-state index contributed by atoms with van der Waals surface area (Å²) in [6.07, 6.45) is 5.24. The molecule has 1 saturated heterocycles. The number of hydrogen-bond acceptors (Lipinski definition) is 4. The molecule has 25 heavy (non-hydrogen) atoms. The monoisotopic (exact) mass is 345 g/mol. The second-order valence-electron chi connectivity index (χ2n) is 6.66. The van der Waals surface area contributed by atoms with Crippen molar-refractivity contribution in [2.75, 3.05) is 38.1 Å². The van der Waals surface area contributed by atoms with Gasteiger partial charge in [0.1, 0.15) is 0 Å². The number of nitrogens with one attached hydrogen (secondary N) is 1. The first-order chi connectivity index (χ1) is 12.2. The summed E-state index contributed by atoms with van der Waals surface area (Å²) in [7, 11) is 0. The van der Waals surface area contributed by atoms with Crippen LogP contribution >= 0.6 is 0 Å². The van der Waals surface area contributed by atoms with E-state index in [1.165, 1.54) is 25.7 Å². The smallest absolute Gasteiger partial charge is 0.340 e. The van der Waals surface area contributed by atoms with E-state index in [4.69, 9.17) is 4.74 Å². The number of anilines is 1. The van der Waals surface area contributed by atoms with E-state index in [9.17, 15) is 9.59 Å². The fourth-order valence-corrected chi connectivity index (χ4v) is 3.73. The first kappa shape index (κ1) is 17.7. The Kier molecular flexibility index (Phi) is 5.91. The maximum atomic E-state index is 12.6. The van der Waals surface area contributed by atoms with Crippen LogP contribution in [0.2, 0.25) is 0 Å². The Morgan fingerprint density at radius 3 is 2.48 bits per heavy atom. The van der Waals surface area contributed by atoms with Crippen molar-refractivity contribution in [3.05, 3.63) is 29.8 Å². The molecular formula is C19H27N3O3. The largest absolute Gasteiger partial charge is 0.462 e. The Bertz CT molecular complexity index is 606. The van der Waals surface area contributed by atoms with E-state index in [1.807, 2.05) is 4.90 Å². The maximum Gasteiger partial charge on any atom is 0.340 e. The summed E-state index contributed by atoms with van der Waals surface area (Å²) >= 11 is 0. The lowest BCUT2D eigenvalue weighted by Gasteiger charge is -2.38. The van der Waals surface area contributed by atoms with E-state index in [1.54, 1.807) is 31.2 Å². The number of nitrogens with zero attached hydrogens (tertiary/aromatic N) is 2. The molecule has 3 rings (SSSR count). The van der Waals surface area contributed by atoms with Gasteiger partial charge in [0.05, 0.1) is 17.9 Å². The zero-order valence-corrected chi connectivity index (χ0v) is 14.9. The molecule has 6 heteroatoms. The highest BCUT2D eigenvalue weighted by molar-refractivity contribution is 6.00. The second kappa shape index (κ2) is 8.34. The van der Waals surface area contributed by atoms with Crippen molar-refractivity contribution >= 4 is 17.7 Å². The van der Waals surface area contributed by atoms with Crippen molar-refractivity contribution in [2.45, 2.75) is 38.6 Å². The molecule has 2 fully saturated rings. The molecule has 0 atom stereocenters. The highest BCUT2D eigenvalue weighted by Gasteiger charge is 2.28. The molecule has 1 saturated carbocycles. The first-order valence-corrected chi connectivity index (χ1v) is 9.25. The Labute approximate surface area is 149 Å². The van der Waals surface area contributed by atoms with Gasteiger partial charge in [-0.15, -0.1) is 0 Å². The highest BCUT2D eigenvalue weighted by Crippen LogP contribution is 2.24. The van der Waals surface area contributed by atoms with Crippen molar-refractivity contribution in [1.29, 1.82) is 0 Å². The fraction of sp³-hybridized carbons (Fsp3) is 0.579. The maximum absolute atomic E-state index is 12.6. The summed E-state index contributed by atoms with van der Waals surface area (Å²) in [5.41, 5.74) is 0.895. The van der Waals surface area contributed by atoms with Crippen LogP contribution in [-0.2, 0) is 4.74 Å². The van der Waals surface area contributed by atoms with Gasteiger partial charge >= 0.3 is 12.0 Å². The lowest BCUT2D eigenvalue weighted by Crippen LogP contribution is -2.52. The summed E-state index contributed by atoms with van der Waals surface area (Å²) in [5.74, 6) is -0.413. The lowest BCUT2D eigenvalue weighted by atomic mass is 10.1. The number of ether oxygens (including phenoxy) is 1. The fourth-order valence-electron chi connectivity index (χ4n) is 3.73. The van der Waals surface area contributed by atoms with E-state index in [2.05, 4.69) is 10.2 Å². The summed E-state index contributed by atoms with van der Waals surface area (Å²) in [5, 5.41) is 2.87. The molecule has 2 aliphatic rings. The Balaban J connectivity index is 1.57. The molecule has 6 nitrogen and oxygen atoms in total. The van der Waals surface area contributed by atoms with Gasteiger partial charge in [-0.2, -0.15) is 0 Å². The number of amides is 2. The van der Waals surface area contributed by atoms with Crippen molar-refractivity contribution in [3.63, 3.8) is 0 Å². The predicted molar refractivity (Wildman–Crippen MR) is 96.8 cm³/mol. The summed E-state index contributed by atoms with van der Waals surface area (Å²) in [6.45, 7) is 5.39. The van der Waals surface area contributed by atoms with Gasteiger partial charge in [0.2, 0.25) is 0 Å². The van der Waals surface area contributed by atoms with Crippen LogP contribution in [0.4, 0.5) is 10.5 Å². The molecule has 1 aliphatic heterocycles. The third-order valence-electron chi connectivity index (χ3n) is 5.11.